The van der Waals surface area contributed by atoms with E-state index >= 15 is 0 Å². The highest BCUT2D eigenvalue weighted by atomic mass is 16.2. The minimum absolute atomic E-state index is 0.0197. The molecule has 4 heteroatoms. The lowest BCUT2D eigenvalue weighted by atomic mass is 9.94. The molecule has 2 saturated heterocycles. The molecule has 1 aromatic carbocycles. The Balaban J connectivity index is 1.61. The van der Waals surface area contributed by atoms with Gasteiger partial charge in [-0.1, -0.05) is 37.3 Å². The molecule has 0 bridgehead atoms. The molecule has 0 radical (unpaired) electrons. The van der Waals surface area contributed by atoms with Gasteiger partial charge in [0, 0.05) is 6.54 Å². The van der Waals surface area contributed by atoms with Crippen LogP contribution in [0.5, 0.6) is 0 Å². The van der Waals surface area contributed by atoms with E-state index in [0.717, 1.165) is 26.1 Å². The van der Waals surface area contributed by atoms with Crippen LogP contribution in [0.15, 0.2) is 30.3 Å². The monoisotopic (exact) mass is 315 g/mol. The summed E-state index contributed by atoms with van der Waals surface area (Å²) in [5.41, 5.74) is 1.31. The van der Waals surface area contributed by atoms with Gasteiger partial charge in [0.05, 0.1) is 12.1 Å². The summed E-state index contributed by atoms with van der Waals surface area (Å²) in [6.45, 7) is 6.16. The fourth-order valence-corrected chi connectivity index (χ4v) is 3.81. The van der Waals surface area contributed by atoms with Crippen LogP contribution in [0.25, 0.3) is 0 Å². The SMILES string of the molecule is CC1CCNC(C(=O)NCC(c2ccccc2)N2CCCC2)C1. The van der Waals surface area contributed by atoms with Crippen molar-refractivity contribution in [3.8, 4) is 0 Å². The maximum atomic E-state index is 12.5. The molecule has 4 nitrogen and oxygen atoms in total. The van der Waals surface area contributed by atoms with E-state index in [1.807, 2.05) is 0 Å². The Kier molecular flexibility index (Phi) is 5.68. The number of amides is 1. The molecule has 126 valence electrons. The predicted octanol–water partition coefficient (Wildman–Crippen LogP) is 2.33. The zero-order valence-corrected chi connectivity index (χ0v) is 14.1. The molecular formula is C19H29N3O. The Hall–Kier alpha value is -1.39. The van der Waals surface area contributed by atoms with E-state index in [2.05, 4.69) is 52.8 Å². The first kappa shape index (κ1) is 16.5. The summed E-state index contributed by atoms with van der Waals surface area (Å²) in [5, 5.41) is 6.56. The van der Waals surface area contributed by atoms with E-state index in [-0.39, 0.29) is 11.9 Å². The fraction of sp³-hybridized carbons (Fsp3) is 0.632. The van der Waals surface area contributed by atoms with E-state index in [1.54, 1.807) is 0 Å². The summed E-state index contributed by atoms with van der Waals surface area (Å²) in [6.07, 6.45) is 4.65. The molecule has 0 aromatic heterocycles. The minimum Gasteiger partial charge on any atom is -0.353 e. The molecular weight excluding hydrogens is 286 g/mol. The van der Waals surface area contributed by atoms with Crippen molar-refractivity contribution < 1.29 is 4.79 Å². The number of benzene rings is 1. The van der Waals surface area contributed by atoms with Crippen molar-refractivity contribution in [2.45, 2.75) is 44.7 Å². The van der Waals surface area contributed by atoms with Crippen molar-refractivity contribution in [3.63, 3.8) is 0 Å². The second-order valence-corrected chi connectivity index (χ2v) is 7.05. The average molecular weight is 315 g/mol. The standard InChI is InChI=1S/C19H29N3O/c1-15-9-10-20-17(13-15)19(23)21-14-18(22-11-5-6-12-22)16-7-3-2-4-8-16/h2-4,7-8,15,17-18,20H,5-6,9-14H2,1H3,(H,21,23). The van der Waals surface area contributed by atoms with Crippen molar-refractivity contribution in [3.05, 3.63) is 35.9 Å². The lowest BCUT2D eigenvalue weighted by molar-refractivity contribution is -0.124. The minimum atomic E-state index is -0.0197. The van der Waals surface area contributed by atoms with Crippen LogP contribution in [0.1, 0.15) is 44.2 Å². The first-order valence-electron chi connectivity index (χ1n) is 9.04. The van der Waals surface area contributed by atoms with Crippen molar-refractivity contribution >= 4 is 5.91 Å². The van der Waals surface area contributed by atoms with E-state index in [9.17, 15) is 4.79 Å². The third kappa shape index (κ3) is 4.33. The summed E-state index contributed by atoms with van der Waals surface area (Å²) in [7, 11) is 0. The molecule has 2 fully saturated rings. The number of carbonyl (C=O) groups excluding carboxylic acids is 1. The van der Waals surface area contributed by atoms with Crippen molar-refractivity contribution in [1.82, 2.24) is 15.5 Å². The van der Waals surface area contributed by atoms with E-state index in [1.165, 1.54) is 24.8 Å². The van der Waals surface area contributed by atoms with Gasteiger partial charge in [-0.2, -0.15) is 0 Å². The molecule has 2 aliphatic rings. The van der Waals surface area contributed by atoms with Gasteiger partial charge in [-0.15, -0.1) is 0 Å². The molecule has 0 saturated carbocycles. The lowest BCUT2D eigenvalue weighted by Gasteiger charge is -2.31. The predicted molar refractivity (Wildman–Crippen MR) is 93.2 cm³/mol. The van der Waals surface area contributed by atoms with Crippen LogP contribution < -0.4 is 10.6 Å². The third-order valence-electron chi connectivity index (χ3n) is 5.22. The highest BCUT2D eigenvalue weighted by molar-refractivity contribution is 5.81. The van der Waals surface area contributed by atoms with Crippen molar-refractivity contribution in [2.75, 3.05) is 26.2 Å². The quantitative estimate of drug-likeness (QED) is 0.876. The molecule has 2 N–H and O–H groups in total. The molecule has 2 aliphatic heterocycles. The van der Waals surface area contributed by atoms with Gasteiger partial charge in [0.2, 0.25) is 5.91 Å². The zero-order chi connectivity index (χ0) is 16.1. The van der Waals surface area contributed by atoms with E-state index in [4.69, 9.17) is 0 Å². The van der Waals surface area contributed by atoms with Gasteiger partial charge in [-0.25, -0.2) is 0 Å². The number of nitrogens with zero attached hydrogens (tertiary/aromatic N) is 1. The number of likely N-dealkylation sites (tertiary alicyclic amines) is 1. The van der Waals surface area contributed by atoms with Gasteiger partial charge in [0.25, 0.3) is 0 Å². The summed E-state index contributed by atoms with van der Waals surface area (Å²) < 4.78 is 0. The van der Waals surface area contributed by atoms with Crippen LogP contribution >= 0.6 is 0 Å². The fourth-order valence-electron chi connectivity index (χ4n) is 3.81. The van der Waals surface area contributed by atoms with Crippen LogP contribution in [0.4, 0.5) is 0 Å². The number of carbonyl (C=O) groups is 1. The smallest absolute Gasteiger partial charge is 0.237 e. The Labute approximate surface area is 139 Å². The highest BCUT2D eigenvalue weighted by Gasteiger charge is 2.27. The summed E-state index contributed by atoms with van der Waals surface area (Å²) in [4.78, 5) is 15.0. The summed E-state index contributed by atoms with van der Waals surface area (Å²) in [5.74, 6) is 0.798. The highest BCUT2D eigenvalue weighted by Crippen LogP contribution is 2.24. The number of nitrogens with one attached hydrogen (secondary N) is 2. The normalized spacial score (nSPS) is 26.8. The van der Waals surface area contributed by atoms with E-state index < -0.39 is 0 Å². The first-order chi connectivity index (χ1) is 11.2. The molecule has 0 spiro atoms. The second kappa shape index (κ2) is 7.93. The third-order valence-corrected chi connectivity index (χ3v) is 5.22. The number of hydrogen-bond acceptors (Lipinski definition) is 3. The summed E-state index contributed by atoms with van der Waals surface area (Å²) in [6, 6.07) is 10.9. The Morgan fingerprint density at radius 2 is 2.04 bits per heavy atom. The van der Waals surface area contributed by atoms with Crippen LogP contribution in [-0.2, 0) is 4.79 Å². The molecule has 23 heavy (non-hydrogen) atoms. The molecule has 3 rings (SSSR count). The topological polar surface area (TPSA) is 44.4 Å². The van der Waals surface area contributed by atoms with Gasteiger partial charge in [0.1, 0.15) is 0 Å². The van der Waals surface area contributed by atoms with Gasteiger partial charge in [-0.3, -0.25) is 9.69 Å². The Morgan fingerprint density at radius 3 is 2.74 bits per heavy atom. The molecule has 2 heterocycles. The number of hydrogen-bond donors (Lipinski definition) is 2. The van der Waals surface area contributed by atoms with Gasteiger partial charge in [0.15, 0.2) is 0 Å². The maximum Gasteiger partial charge on any atom is 0.237 e. The molecule has 0 aliphatic carbocycles. The largest absolute Gasteiger partial charge is 0.353 e. The van der Waals surface area contributed by atoms with Crippen molar-refractivity contribution in [2.24, 2.45) is 5.92 Å². The van der Waals surface area contributed by atoms with Gasteiger partial charge < -0.3 is 10.6 Å². The molecule has 3 unspecified atom stereocenters. The van der Waals surface area contributed by atoms with Crippen LogP contribution in [0, 0.1) is 5.92 Å². The van der Waals surface area contributed by atoms with Crippen LogP contribution in [0.3, 0.4) is 0 Å². The van der Waals surface area contributed by atoms with Crippen LogP contribution in [-0.4, -0.2) is 43.0 Å². The van der Waals surface area contributed by atoms with Crippen LogP contribution in [0.2, 0.25) is 0 Å². The van der Waals surface area contributed by atoms with Crippen molar-refractivity contribution in [1.29, 1.82) is 0 Å². The Morgan fingerprint density at radius 1 is 1.30 bits per heavy atom. The molecule has 3 atom stereocenters. The lowest BCUT2D eigenvalue weighted by Crippen LogP contribution is -2.50. The van der Waals surface area contributed by atoms with Gasteiger partial charge in [-0.05, 0) is 56.8 Å². The number of piperidine rings is 1. The first-order valence-corrected chi connectivity index (χ1v) is 9.04. The average Bonchev–Trinajstić information content (AvgIpc) is 3.10. The summed E-state index contributed by atoms with van der Waals surface area (Å²) >= 11 is 0. The molecule has 1 amide bonds. The molecule has 1 aromatic rings. The second-order valence-electron chi connectivity index (χ2n) is 7.05. The van der Waals surface area contributed by atoms with Gasteiger partial charge >= 0.3 is 0 Å². The zero-order valence-electron chi connectivity index (χ0n) is 14.1. The van der Waals surface area contributed by atoms with E-state index in [0.29, 0.717) is 18.5 Å². The maximum absolute atomic E-state index is 12.5. The Bertz CT molecular complexity index is 499. The number of rotatable bonds is 5.